The zero-order valence-electron chi connectivity index (χ0n) is 29.2. The van der Waals surface area contributed by atoms with Gasteiger partial charge >= 0.3 is 17.9 Å². The van der Waals surface area contributed by atoms with Crippen molar-refractivity contribution in [1.29, 1.82) is 0 Å². The van der Waals surface area contributed by atoms with E-state index in [1.165, 1.54) is 11.0 Å². The molecule has 0 spiro atoms. The van der Waals surface area contributed by atoms with E-state index in [0.717, 1.165) is 11.3 Å². The fourth-order valence-electron chi connectivity index (χ4n) is 6.36. The molecule has 12 nitrogen and oxygen atoms in total. The Morgan fingerprint density at radius 2 is 1.13 bits per heavy atom. The van der Waals surface area contributed by atoms with Crippen molar-refractivity contribution < 1.29 is 33.3 Å². The average molecular weight is 732 g/mol. The number of para-hydroxylation sites is 1. The van der Waals surface area contributed by atoms with Gasteiger partial charge < -0.3 is 24.3 Å². The van der Waals surface area contributed by atoms with Crippen LogP contribution in [-0.2, 0) is 18.9 Å². The summed E-state index contributed by atoms with van der Waals surface area (Å²) in [5.74, 6) is -1.53. The SMILES string of the molecule is O=C(OC[C@H]1O[C@@H](n2nc(-c3ccccc3)c3c(Nc4ccccc4)ncnc32)[C@@H](OC(=O)c2ccccc2)[C@H]1OC(=O)c1ccccc1)c1ccccc1. The minimum Gasteiger partial charge on any atom is -0.459 e. The summed E-state index contributed by atoms with van der Waals surface area (Å²) < 4.78 is 26.2. The van der Waals surface area contributed by atoms with Crippen LogP contribution in [0.2, 0.25) is 0 Å². The molecule has 0 radical (unpaired) electrons. The highest BCUT2D eigenvalue weighted by Crippen LogP contribution is 2.40. The van der Waals surface area contributed by atoms with E-state index in [4.69, 9.17) is 24.0 Å². The predicted molar refractivity (Wildman–Crippen MR) is 202 cm³/mol. The molecule has 12 heteroatoms. The van der Waals surface area contributed by atoms with Crippen LogP contribution in [0.25, 0.3) is 22.3 Å². The number of hydrogen-bond acceptors (Lipinski definition) is 11. The summed E-state index contributed by atoms with van der Waals surface area (Å²) in [5.41, 5.74) is 3.25. The first-order valence-corrected chi connectivity index (χ1v) is 17.5. The van der Waals surface area contributed by atoms with E-state index in [0.29, 0.717) is 28.1 Å². The smallest absolute Gasteiger partial charge is 0.338 e. The lowest BCUT2D eigenvalue weighted by Crippen LogP contribution is -2.41. The summed E-state index contributed by atoms with van der Waals surface area (Å²) in [6.07, 6.45) is -3.50. The number of esters is 3. The molecule has 1 fully saturated rings. The Balaban J connectivity index is 1.25. The lowest BCUT2D eigenvalue weighted by Gasteiger charge is -2.24. The molecule has 4 atom stereocenters. The number of anilines is 2. The first-order valence-electron chi connectivity index (χ1n) is 17.5. The number of hydrogen-bond donors (Lipinski definition) is 1. The Labute approximate surface area is 315 Å². The largest absolute Gasteiger partial charge is 0.459 e. The van der Waals surface area contributed by atoms with Gasteiger partial charge in [-0.25, -0.2) is 29.0 Å². The number of carbonyl (C=O) groups excluding carboxylic acids is 3. The second-order valence-electron chi connectivity index (χ2n) is 12.6. The zero-order valence-corrected chi connectivity index (χ0v) is 29.2. The Bertz CT molecular complexity index is 2410. The third-order valence-corrected chi connectivity index (χ3v) is 8.99. The molecule has 8 rings (SSSR count). The van der Waals surface area contributed by atoms with Crippen molar-refractivity contribution in [2.24, 2.45) is 0 Å². The van der Waals surface area contributed by atoms with Gasteiger partial charge in [-0.05, 0) is 48.5 Å². The van der Waals surface area contributed by atoms with Gasteiger partial charge in [0.1, 0.15) is 30.5 Å². The van der Waals surface area contributed by atoms with Gasteiger partial charge in [-0.2, -0.15) is 5.10 Å². The quantitative estimate of drug-likeness (QED) is 0.105. The van der Waals surface area contributed by atoms with Gasteiger partial charge in [0.2, 0.25) is 0 Å². The fourth-order valence-corrected chi connectivity index (χ4v) is 6.36. The first kappa shape index (κ1) is 34.9. The Morgan fingerprint density at radius 3 is 1.71 bits per heavy atom. The molecule has 2 aromatic heterocycles. The maximum absolute atomic E-state index is 13.8. The second-order valence-corrected chi connectivity index (χ2v) is 12.6. The number of rotatable bonds is 11. The van der Waals surface area contributed by atoms with E-state index < -0.39 is 42.4 Å². The maximum Gasteiger partial charge on any atom is 0.338 e. The Morgan fingerprint density at radius 1 is 0.618 bits per heavy atom. The van der Waals surface area contributed by atoms with Crippen LogP contribution in [0.15, 0.2) is 158 Å². The molecule has 1 aliphatic rings. The third-order valence-electron chi connectivity index (χ3n) is 8.99. The summed E-state index contributed by atoms with van der Waals surface area (Å²) >= 11 is 0. The van der Waals surface area contributed by atoms with Crippen molar-refractivity contribution >= 4 is 40.4 Å². The van der Waals surface area contributed by atoms with Gasteiger partial charge in [0.15, 0.2) is 24.1 Å². The molecule has 3 heterocycles. The highest BCUT2D eigenvalue weighted by atomic mass is 16.7. The molecule has 0 unspecified atom stereocenters. The molecule has 7 aromatic rings. The van der Waals surface area contributed by atoms with Crippen LogP contribution in [-0.4, -0.2) is 62.6 Å². The lowest BCUT2D eigenvalue weighted by atomic mass is 10.1. The Kier molecular flexibility index (Phi) is 10.0. The number of nitrogens with zero attached hydrogens (tertiary/aromatic N) is 4. The molecule has 55 heavy (non-hydrogen) atoms. The summed E-state index contributed by atoms with van der Waals surface area (Å²) in [5, 5.41) is 8.97. The molecule has 0 bridgehead atoms. The lowest BCUT2D eigenvalue weighted by molar-refractivity contribution is -0.0653. The monoisotopic (exact) mass is 731 g/mol. The van der Waals surface area contributed by atoms with E-state index in [2.05, 4.69) is 15.3 Å². The number of ether oxygens (including phenoxy) is 4. The van der Waals surface area contributed by atoms with Gasteiger partial charge in [-0.15, -0.1) is 0 Å². The second kappa shape index (κ2) is 15.8. The standard InChI is InChI=1S/C43H33N5O7/c49-41(29-18-8-2-9-19-29)52-26-33-36(54-42(50)30-20-10-3-11-21-30)37(55-43(51)31-22-12-4-13-23-31)40(53-33)48-39-34(35(47-48)28-16-6-1-7-17-28)38(44-27-45-39)46-32-24-14-5-15-25-32/h1-25,27,33,36-37,40H,26H2,(H,44,45,46)/t33-,36+,37+,40-/m1/s1. The summed E-state index contributed by atoms with van der Waals surface area (Å²) in [4.78, 5) is 49.9. The van der Waals surface area contributed by atoms with E-state index in [-0.39, 0.29) is 17.7 Å². The predicted octanol–water partition coefficient (Wildman–Crippen LogP) is 7.44. The van der Waals surface area contributed by atoms with E-state index >= 15 is 0 Å². The molecule has 0 amide bonds. The van der Waals surface area contributed by atoms with Gasteiger partial charge in [-0.1, -0.05) is 103 Å². The molecule has 1 N–H and O–H groups in total. The van der Waals surface area contributed by atoms with Gasteiger partial charge in [-0.3, -0.25) is 0 Å². The number of fused-ring (bicyclic) bond motifs is 1. The van der Waals surface area contributed by atoms with Crippen molar-refractivity contribution in [1.82, 2.24) is 19.7 Å². The number of aromatic nitrogens is 4. The van der Waals surface area contributed by atoms with Crippen LogP contribution in [0.4, 0.5) is 11.5 Å². The van der Waals surface area contributed by atoms with Crippen molar-refractivity contribution in [3.63, 3.8) is 0 Å². The first-order chi connectivity index (χ1) is 27.0. The van der Waals surface area contributed by atoms with Crippen molar-refractivity contribution in [2.45, 2.75) is 24.5 Å². The molecular formula is C43H33N5O7. The van der Waals surface area contributed by atoms with E-state index in [9.17, 15) is 14.4 Å². The van der Waals surface area contributed by atoms with Gasteiger partial charge in [0, 0.05) is 11.3 Å². The minimum absolute atomic E-state index is 0.263. The van der Waals surface area contributed by atoms with Crippen molar-refractivity contribution in [3.8, 4) is 11.3 Å². The third kappa shape index (κ3) is 7.52. The highest BCUT2D eigenvalue weighted by molar-refractivity contribution is 6.00. The van der Waals surface area contributed by atoms with Crippen molar-refractivity contribution in [2.75, 3.05) is 11.9 Å². The van der Waals surface area contributed by atoms with Crippen LogP contribution in [0.3, 0.4) is 0 Å². The molecule has 0 saturated carbocycles. The average Bonchev–Trinajstić information content (AvgIpc) is 3.79. The molecular weight excluding hydrogens is 699 g/mol. The summed E-state index contributed by atoms with van der Waals surface area (Å²) in [7, 11) is 0. The van der Waals surface area contributed by atoms with Gasteiger partial charge in [0.05, 0.1) is 22.1 Å². The minimum atomic E-state index is -1.30. The highest BCUT2D eigenvalue weighted by Gasteiger charge is 2.52. The maximum atomic E-state index is 13.8. The Hall–Kier alpha value is -7.18. The van der Waals surface area contributed by atoms with Crippen LogP contribution >= 0.6 is 0 Å². The topological polar surface area (TPSA) is 144 Å². The number of carbonyl (C=O) groups is 3. The molecule has 5 aromatic carbocycles. The van der Waals surface area contributed by atoms with E-state index in [1.807, 2.05) is 60.7 Å². The molecule has 272 valence electrons. The normalized spacial score (nSPS) is 17.7. The number of benzene rings is 5. The van der Waals surface area contributed by atoms with Crippen LogP contribution in [0, 0.1) is 0 Å². The van der Waals surface area contributed by atoms with Crippen LogP contribution in [0.5, 0.6) is 0 Å². The van der Waals surface area contributed by atoms with Crippen LogP contribution < -0.4 is 5.32 Å². The molecule has 1 aliphatic heterocycles. The molecule has 1 saturated heterocycles. The van der Waals surface area contributed by atoms with Crippen LogP contribution in [0.1, 0.15) is 37.3 Å². The number of nitrogens with one attached hydrogen (secondary N) is 1. The van der Waals surface area contributed by atoms with Crippen molar-refractivity contribution in [3.05, 3.63) is 175 Å². The summed E-state index contributed by atoms with van der Waals surface area (Å²) in [6, 6.07) is 44.3. The fraction of sp³-hybridized carbons (Fsp3) is 0.116. The molecule has 0 aliphatic carbocycles. The summed E-state index contributed by atoms with van der Waals surface area (Å²) in [6.45, 7) is -0.350. The van der Waals surface area contributed by atoms with E-state index in [1.54, 1.807) is 91.0 Å². The van der Waals surface area contributed by atoms with Gasteiger partial charge in [0.25, 0.3) is 0 Å². The zero-order chi connectivity index (χ0) is 37.6.